The summed E-state index contributed by atoms with van der Waals surface area (Å²) in [5.74, 6) is 0.500. The van der Waals surface area contributed by atoms with Crippen LogP contribution in [0.3, 0.4) is 0 Å². The minimum absolute atomic E-state index is 0.343. The molecule has 1 heterocycles. The smallest absolute Gasteiger partial charge is 0.0474 e. The zero-order chi connectivity index (χ0) is 7.72. The molecule has 1 fully saturated rings. The molecule has 0 aromatic rings. The number of rotatable bonds is 1. The second-order valence-electron chi connectivity index (χ2n) is 3.43. The molecule has 0 bridgehead atoms. The van der Waals surface area contributed by atoms with E-state index in [1.165, 1.54) is 0 Å². The molecule has 0 radical (unpaired) electrons. The third-order valence-electron chi connectivity index (χ3n) is 2.90. The minimum atomic E-state index is 0.343. The molecular formula is C8H17NO. The lowest BCUT2D eigenvalue weighted by Crippen LogP contribution is -2.30. The van der Waals surface area contributed by atoms with Crippen molar-refractivity contribution in [1.29, 1.82) is 0 Å². The topological polar surface area (TPSA) is 23.5 Å². The molecule has 2 nitrogen and oxygen atoms in total. The summed E-state index contributed by atoms with van der Waals surface area (Å²) in [7, 11) is 2.13. The van der Waals surface area contributed by atoms with Gasteiger partial charge >= 0.3 is 0 Å². The molecule has 60 valence electrons. The van der Waals surface area contributed by atoms with Crippen LogP contribution in [-0.4, -0.2) is 35.7 Å². The standard InChI is InChI=1S/C8H17NO/c1-6-4-8(5-10)7(2)9(6)3/h6-8,10H,4-5H2,1-3H3/t6-,7?,8?/m1/s1. The van der Waals surface area contributed by atoms with Gasteiger partial charge in [0.1, 0.15) is 0 Å². The maximum absolute atomic E-state index is 8.95. The van der Waals surface area contributed by atoms with Crippen molar-refractivity contribution in [2.45, 2.75) is 32.4 Å². The highest BCUT2D eigenvalue weighted by atomic mass is 16.3. The van der Waals surface area contributed by atoms with E-state index in [0.29, 0.717) is 24.6 Å². The summed E-state index contributed by atoms with van der Waals surface area (Å²) < 4.78 is 0. The van der Waals surface area contributed by atoms with Gasteiger partial charge in [-0.3, -0.25) is 0 Å². The molecule has 0 aromatic carbocycles. The van der Waals surface area contributed by atoms with E-state index in [0.717, 1.165) is 6.42 Å². The van der Waals surface area contributed by atoms with Crippen LogP contribution in [0.5, 0.6) is 0 Å². The van der Waals surface area contributed by atoms with E-state index in [-0.39, 0.29) is 0 Å². The molecule has 1 N–H and O–H groups in total. The van der Waals surface area contributed by atoms with Crippen molar-refractivity contribution in [2.24, 2.45) is 5.92 Å². The molecule has 1 aliphatic heterocycles. The van der Waals surface area contributed by atoms with Crippen LogP contribution in [0.15, 0.2) is 0 Å². The van der Waals surface area contributed by atoms with E-state index < -0.39 is 0 Å². The molecule has 0 amide bonds. The van der Waals surface area contributed by atoms with Crippen molar-refractivity contribution >= 4 is 0 Å². The number of aliphatic hydroxyl groups excluding tert-OH is 1. The summed E-state index contributed by atoms with van der Waals surface area (Å²) >= 11 is 0. The minimum Gasteiger partial charge on any atom is -0.396 e. The Morgan fingerprint density at radius 2 is 2.10 bits per heavy atom. The SMILES string of the molecule is CC1C(CO)C[C@@H](C)N1C. The van der Waals surface area contributed by atoms with Crippen molar-refractivity contribution in [3.05, 3.63) is 0 Å². The van der Waals surface area contributed by atoms with Crippen LogP contribution in [0.2, 0.25) is 0 Å². The van der Waals surface area contributed by atoms with Gasteiger partial charge in [-0.25, -0.2) is 0 Å². The van der Waals surface area contributed by atoms with Gasteiger partial charge in [0.05, 0.1) is 0 Å². The van der Waals surface area contributed by atoms with E-state index in [4.69, 9.17) is 5.11 Å². The van der Waals surface area contributed by atoms with Crippen LogP contribution >= 0.6 is 0 Å². The van der Waals surface area contributed by atoms with Gasteiger partial charge in [-0.2, -0.15) is 0 Å². The first kappa shape index (κ1) is 8.02. The predicted octanol–water partition coefficient (Wildman–Crippen LogP) is 0.707. The fraction of sp³-hybridized carbons (Fsp3) is 1.00. The summed E-state index contributed by atoms with van der Waals surface area (Å²) in [5.41, 5.74) is 0. The Bertz CT molecular complexity index is 116. The van der Waals surface area contributed by atoms with E-state index >= 15 is 0 Å². The van der Waals surface area contributed by atoms with Gasteiger partial charge in [-0.05, 0) is 33.2 Å². The summed E-state index contributed by atoms with van der Waals surface area (Å²) in [4.78, 5) is 2.33. The molecule has 1 rings (SSSR count). The van der Waals surface area contributed by atoms with Gasteiger partial charge in [-0.1, -0.05) is 0 Å². The van der Waals surface area contributed by atoms with E-state index in [9.17, 15) is 0 Å². The van der Waals surface area contributed by atoms with Crippen molar-refractivity contribution in [3.8, 4) is 0 Å². The van der Waals surface area contributed by atoms with Crippen molar-refractivity contribution in [2.75, 3.05) is 13.7 Å². The normalized spacial score (nSPS) is 42.6. The maximum atomic E-state index is 8.95. The lowest BCUT2D eigenvalue weighted by atomic mass is 10.0. The van der Waals surface area contributed by atoms with Gasteiger partial charge < -0.3 is 10.0 Å². The quantitative estimate of drug-likeness (QED) is 0.584. The Balaban J connectivity index is 2.53. The Morgan fingerprint density at radius 1 is 1.50 bits per heavy atom. The Hall–Kier alpha value is -0.0800. The molecule has 2 unspecified atom stereocenters. The van der Waals surface area contributed by atoms with Crippen molar-refractivity contribution in [1.82, 2.24) is 4.90 Å². The lowest BCUT2D eigenvalue weighted by Gasteiger charge is -2.21. The molecule has 0 aromatic heterocycles. The highest BCUT2D eigenvalue weighted by Gasteiger charge is 2.32. The van der Waals surface area contributed by atoms with Crippen LogP contribution in [-0.2, 0) is 0 Å². The second-order valence-corrected chi connectivity index (χ2v) is 3.43. The molecule has 10 heavy (non-hydrogen) atoms. The fourth-order valence-corrected chi connectivity index (χ4v) is 1.76. The molecule has 1 aliphatic rings. The Morgan fingerprint density at radius 3 is 2.30 bits per heavy atom. The molecule has 0 spiro atoms. The molecule has 2 heteroatoms. The Labute approximate surface area is 62.8 Å². The lowest BCUT2D eigenvalue weighted by molar-refractivity contribution is 0.186. The second kappa shape index (κ2) is 2.89. The van der Waals surface area contributed by atoms with Gasteiger partial charge in [0, 0.05) is 18.7 Å². The first-order valence-corrected chi connectivity index (χ1v) is 3.99. The molecule has 3 atom stereocenters. The zero-order valence-corrected chi connectivity index (χ0v) is 7.04. The number of nitrogens with zero attached hydrogens (tertiary/aromatic N) is 1. The monoisotopic (exact) mass is 143 g/mol. The largest absolute Gasteiger partial charge is 0.396 e. The maximum Gasteiger partial charge on any atom is 0.0474 e. The highest BCUT2D eigenvalue weighted by Crippen LogP contribution is 2.26. The van der Waals surface area contributed by atoms with Gasteiger partial charge in [0.2, 0.25) is 0 Å². The summed E-state index contributed by atoms with van der Waals surface area (Å²) in [6.07, 6.45) is 1.15. The highest BCUT2D eigenvalue weighted by molar-refractivity contribution is 4.86. The third-order valence-corrected chi connectivity index (χ3v) is 2.90. The third kappa shape index (κ3) is 1.18. The van der Waals surface area contributed by atoms with E-state index in [1.54, 1.807) is 0 Å². The van der Waals surface area contributed by atoms with E-state index in [1.807, 2.05) is 0 Å². The average Bonchev–Trinajstić information content (AvgIpc) is 2.17. The van der Waals surface area contributed by atoms with Crippen LogP contribution in [0, 0.1) is 5.92 Å². The number of hydrogen-bond acceptors (Lipinski definition) is 2. The summed E-state index contributed by atoms with van der Waals surface area (Å²) in [6.45, 7) is 4.74. The van der Waals surface area contributed by atoms with Crippen LogP contribution in [0.4, 0.5) is 0 Å². The first-order valence-electron chi connectivity index (χ1n) is 3.99. The van der Waals surface area contributed by atoms with Crippen LogP contribution in [0.1, 0.15) is 20.3 Å². The number of hydrogen-bond donors (Lipinski definition) is 1. The van der Waals surface area contributed by atoms with Crippen LogP contribution in [0.25, 0.3) is 0 Å². The van der Waals surface area contributed by atoms with Crippen molar-refractivity contribution < 1.29 is 5.11 Å². The fourth-order valence-electron chi connectivity index (χ4n) is 1.76. The molecule has 1 saturated heterocycles. The molecule has 0 aliphatic carbocycles. The Kier molecular flexibility index (Phi) is 2.32. The molecule has 0 saturated carbocycles. The molecular weight excluding hydrogens is 126 g/mol. The van der Waals surface area contributed by atoms with Crippen LogP contribution < -0.4 is 0 Å². The van der Waals surface area contributed by atoms with E-state index in [2.05, 4.69) is 25.8 Å². The summed E-state index contributed by atoms with van der Waals surface area (Å²) in [6, 6.07) is 1.20. The number of likely N-dealkylation sites (tertiary alicyclic amines) is 1. The average molecular weight is 143 g/mol. The summed E-state index contributed by atoms with van der Waals surface area (Å²) in [5, 5.41) is 8.95. The van der Waals surface area contributed by atoms with Gasteiger partial charge in [-0.15, -0.1) is 0 Å². The predicted molar refractivity (Wildman–Crippen MR) is 41.9 cm³/mol. The number of aliphatic hydroxyl groups is 1. The zero-order valence-electron chi connectivity index (χ0n) is 7.04. The van der Waals surface area contributed by atoms with Gasteiger partial charge in [0.25, 0.3) is 0 Å². The first-order chi connectivity index (χ1) is 4.66. The van der Waals surface area contributed by atoms with Gasteiger partial charge in [0.15, 0.2) is 0 Å². The van der Waals surface area contributed by atoms with Crippen molar-refractivity contribution in [3.63, 3.8) is 0 Å².